The molecule has 0 saturated carbocycles. The zero-order chi connectivity index (χ0) is 65.1. The summed E-state index contributed by atoms with van der Waals surface area (Å²) in [6, 6.07) is 27.3. The number of fused-ring (bicyclic) bond motifs is 6. The molecular formula is C67H56F4N6O16. The summed E-state index contributed by atoms with van der Waals surface area (Å²) in [7, 11) is 0. The summed E-state index contributed by atoms with van der Waals surface area (Å²) >= 11 is 0. The number of halogens is 4. The zero-order valence-corrected chi connectivity index (χ0v) is 49.5. The molecule has 4 aromatic heterocycles. The van der Waals surface area contributed by atoms with Gasteiger partial charge in [0.15, 0.2) is 46.1 Å². The van der Waals surface area contributed by atoms with Crippen LogP contribution >= 0.6 is 0 Å². The molecular weight excluding hydrogens is 1220 g/mol. The van der Waals surface area contributed by atoms with Crippen molar-refractivity contribution in [2.45, 2.75) is 20.3 Å². The van der Waals surface area contributed by atoms with E-state index in [1.807, 2.05) is 0 Å². The molecule has 4 N–H and O–H groups in total. The molecule has 0 spiro atoms. The number of benzene rings is 6. The van der Waals surface area contributed by atoms with E-state index >= 15 is 8.78 Å². The third-order valence-corrected chi connectivity index (χ3v) is 14.0. The number of aliphatic hydroxyl groups excluding tert-OH is 2. The number of hydrogen-bond acceptors (Lipinski definition) is 18. The topological polar surface area (TPSA) is 261 Å². The van der Waals surface area contributed by atoms with Crippen molar-refractivity contribution in [1.29, 1.82) is 0 Å². The first-order valence-corrected chi connectivity index (χ1v) is 29.0. The summed E-state index contributed by atoms with van der Waals surface area (Å²) in [6.45, 7) is 4.92. The molecule has 478 valence electrons. The first-order valence-electron chi connectivity index (χ1n) is 29.0. The fourth-order valence-corrected chi connectivity index (χ4v) is 9.90. The van der Waals surface area contributed by atoms with Crippen LogP contribution < -0.4 is 69.1 Å². The molecule has 0 aliphatic carbocycles. The molecule has 0 saturated heterocycles. The number of hydrogen-bond donors (Lipinski definition) is 4. The maximum Gasteiger partial charge on any atom is 0.271 e. The highest BCUT2D eigenvalue weighted by Gasteiger charge is 2.29. The van der Waals surface area contributed by atoms with Gasteiger partial charge in [0.2, 0.25) is 11.5 Å². The Morgan fingerprint density at radius 1 is 0.484 bits per heavy atom. The lowest BCUT2D eigenvalue weighted by atomic mass is 10.1. The molecule has 93 heavy (non-hydrogen) atoms. The Balaban J connectivity index is 0.000000190. The quantitative estimate of drug-likeness (QED) is 0.0385. The second-order valence-corrected chi connectivity index (χ2v) is 20.0. The fourth-order valence-electron chi connectivity index (χ4n) is 9.90. The van der Waals surface area contributed by atoms with E-state index in [1.54, 1.807) is 38.1 Å². The monoisotopic (exact) mass is 1280 g/mol. The van der Waals surface area contributed by atoms with Gasteiger partial charge in [0, 0.05) is 84.8 Å². The highest BCUT2D eigenvalue weighted by molar-refractivity contribution is 6.07. The largest absolute Gasteiger partial charge is 0.493 e. The van der Waals surface area contributed by atoms with Gasteiger partial charge >= 0.3 is 0 Å². The Hall–Kier alpha value is -11.4. The standard InChI is InChI=1S/C34H29F2N3O8.C33H27F2N3O8/c1-2-43-26-11-13-39(22-7-4-20(35)5-8-22)34(42)30(26)33(41)38-21-6-9-25(23(36)18-21)47-27-10-12-37-24-19-28(44-15-3-14-40)31-32(29(24)27)46-17-16-45-31;1-2-42-25-10-12-38(21-6-3-19(34)4-7-21)33(41)29(25)32(40)37-20-5-8-24(22(35)17-20)46-26-9-11-36-23-18-27(43-14-13-39)30-31(28(23)26)45-16-15-44-30/h4-13,18-19,40H,2-3,14-17H2,1H3,(H,38,41);3-12,17-18,39H,2,13-16H2,1H3,(H,37,40). The van der Waals surface area contributed by atoms with E-state index in [1.165, 1.54) is 119 Å². The number of anilines is 2. The van der Waals surface area contributed by atoms with Gasteiger partial charge in [-0.25, -0.2) is 17.6 Å². The lowest BCUT2D eigenvalue weighted by Gasteiger charge is -2.23. The van der Waals surface area contributed by atoms with E-state index in [4.69, 9.17) is 52.5 Å². The fraction of sp³-hybridized carbons (Fsp3) is 0.194. The van der Waals surface area contributed by atoms with E-state index in [-0.39, 0.29) is 116 Å². The lowest BCUT2D eigenvalue weighted by molar-refractivity contribution is 0.101. The molecule has 0 bridgehead atoms. The van der Waals surface area contributed by atoms with Gasteiger partial charge in [0.05, 0.1) is 48.2 Å². The third-order valence-electron chi connectivity index (χ3n) is 14.0. The number of rotatable bonds is 21. The van der Waals surface area contributed by atoms with Gasteiger partial charge in [-0.3, -0.25) is 38.3 Å². The predicted octanol–water partition coefficient (Wildman–Crippen LogP) is 10.9. The Bertz CT molecular complexity index is 4550. The van der Waals surface area contributed by atoms with E-state index in [2.05, 4.69) is 20.6 Å². The highest BCUT2D eigenvalue weighted by atomic mass is 19.1. The number of aliphatic hydroxyl groups is 2. The van der Waals surface area contributed by atoms with Gasteiger partial charge in [-0.05, 0) is 111 Å². The molecule has 0 fully saturated rings. The lowest BCUT2D eigenvalue weighted by Crippen LogP contribution is -2.29. The van der Waals surface area contributed by atoms with E-state index in [0.29, 0.717) is 80.7 Å². The van der Waals surface area contributed by atoms with Crippen LogP contribution in [0.4, 0.5) is 28.9 Å². The number of carbonyl (C=O) groups is 2. The zero-order valence-electron chi connectivity index (χ0n) is 49.5. The average Bonchev–Trinajstić information content (AvgIpc) is 0.792. The van der Waals surface area contributed by atoms with Gasteiger partial charge in [0.25, 0.3) is 22.9 Å². The number of ether oxygens (including phenoxy) is 10. The van der Waals surface area contributed by atoms with E-state index < -0.39 is 46.2 Å². The van der Waals surface area contributed by atoms with Crippen LogP contribution in [0.25, 0.3) is 33.2 Å². The van der Waals surface area contributed by atoms with Crippen molar-refractivity contribution in [3.8, 4) is 80.4 Å². The number of nitrogens with zero attached hydrogens (tertiary/aromatic N) is 4. The second kappa shape index (κ2) is 28.6. The van der Waals surface area contributed by atoms with Crippen molar-refractivity contribution in [2.75, 3.05) is 76.7 Å². The minimum Gasteiger partial charge on any atom is -0.493 e. The van der Waals surface area contributed by atoms with Crippen molar-refractivity contribution in [1.82, 2.24) is 19.1 Å². The first-order chi connectivity index (χ1) is 45.2. The van der Waals surface area contributed by atoms with Crippen LogP contribution in [-0.4, -0.2) is 107 Å². The first kappa shape index (κ1) is 63.2. The minimum absolute atomic E-state index is 0.0326. The highest BCUT2D eigenvalue weighted by Crippen LogP contribution is 2.50. The molecule has 0 radical (unpaired) electrons. The molecule has 10 aromatic rings. The van der Waals surface area contributed by atoms with Gasteiger partial charge in [-0.15, -0.1) is 0 Å². The Morgan fingerprint density at radius 2 is 0.903 bits per heavy atom. The minimum atomic E-state index is -0.832. The molecule has 2 amide bonds. The summed E-state index contributed by atoms with van der Waals surface area (Å²) in [5.41, 5.74) is -0.374. The van der Waals surface area contributed by atoms with Gasteiger partial charge in [-0.1, -0.05) is 0 Å². The summed E-state index contributed by atoms with van der Waals surface area (Å²) < 4.78 is 118. The number of pyridine rings is 4. The second-order valence-electron chi connectivity index (χ2n) is 20.0. The predicted molar refractivity (Wildman–Crippen MR) is 330 cm³/mol. The molecule has 2 aliphatic heterocycles. The summed E-state index contributed by atoms with van der Waals surface area (Å²) in [6.07, 6.45) is 6.23. The Labute approximate surface area is 525 Å². The van der Waals surface area contributed by atoms with Crippen molar-refractivity contribution < 1.29 is 84.7 Å². The molecule has 6 aromatic carbocycles. The molecule has 12 rings (SSSR count). The number of amides is 2. The van der Waals surface area contributed by atoms with Crippen molar-refractivity contribution in [3.63, 3.8) is 0 Å². The Kier molecular flexibility index (Phi) is 19.5. The smallest absolute Gasteiger partial charge is 0.271 e. The van der Waals surface area contributed by atoms with Gasteiger partial charge < -0.3 is 68.2 Å². The van der Waals surface area contributed by atoms with Crippen LogP contribution in [0, 0.1) is 23.3 Å². The SMILES string of the molecule is CCOc1ccn(-c2ccc(F)cc2)c(=O)c1C(=O)Nc1ccc(Oc2ccnc3cc(OCCCO)c4c(c23)OCCO4)c(F)c1.CCOc1ccn(-c2ccc(F)cc2)c(=O)c1C(=O)Nc1ccc(Oc2ccnc3cc(OCCO)c4c(c23)OCCO4)c(F)c1. The summed E-state index contributed by atoms with van der Waals surface area (Å²) in [5.74, 6) is -1.97. The van der Waals surface area contributed by atoms with Crippen LogP contribution in [0.5, 0.6) is 69.0 Å². The summed E-state index contributed by atoms with van der Waals surface area (Å²) in [4.78, 5) is 62.3. The Morgan fingerprint density at radius 3 is 1.30 bits per heavy atom. The van der Waals surface area contributed by atoms with Crippen LogP contribution in [0.3, 0.4) is 0 Å². The van der Waals surface area contributed by atoms with E-state index in [0.717, 1.165) is 12.1 Å². The van der Waals surface area contributed by atoms with Crippen LogP contribution in [0.2, 0.25) is 0 Å². The molecule has 6 heterocycles. The molecule has 0 unspecified atom stereocenters. The molecule has 2 aliphatic rings. The summed E-state index contributed by atoms with van der Waals surface area (Å²) in [5, 5.41) is 24.3. The van der Waals surface area contributed by atoms with Crippen molar-refractivity contribution in [3.05, 3.63) is 201 Å². The average molecular weight is 1280 g/mol. The molecule has 22 nitrogen and oxygen atoms in total. The van der Waals surface area contributed by atoms with Crippen LogP contribution in [0.1, 0.15) is 41.0 Å². The molecule has 26 heteroatoms. The maximum absolute atomic E-state index is 15.5. The normalized spacial score (nSPS) is 12.1. The van der Waals surface area contributed by atoms with Gasteiger partial charge in [-0.2, -0.15) is 0 Å². The van der Waals surface area contributed by atoms with Crippen molar-refractivity contribution >= 4 is 45.0 Å². The maximum atomic E-state index is 15.5. The number of carbonyl (C=O) groups excluding carboxylic acids is 2. The third kappa shape index (κ3) is 13.9. The number of nitrogens with one attached hydrogen (secondary N) is 2. The molecule has 0 atom stereocenters. The van der Waals surface area contributed by atoms with Gasteiger partial charge in [0.1, 0.15) is 78.8 Å². The van der Waals surface area contributed by atoms with Crippen LogP contribution in [-0.2, 0) is 0 Å². The number of aromatic nitrogens is 4. The van der Waals surface area contributed by atoms with E-state index in [9.17, 15) is 33.1 Å². The van der Waals surface area contributed by atoms with Crippen LogP contribution in [0.15, 0.2) is 156 Å². The van der Waals surface area contributed by atoms with Crippen molar-refractivity contribution in [2.24, 2.45) is 0 Å².